The molecule has 2 aromatic rings. The number of halogens is 1. The van der Waals surface area contributed by atoms with E-state index in [1.165, 1.54) is 4.31 Å². The van der Waals surface area contributed by atoms with Crippen LogP contribution in [0.15, 0.2) is 72.5 Å². The molecule has 2 atom stereocenters. The largest absolute Gasteiger partial charge is 0.383 e. The standard InChI is InChI=1S/C30H39FN6O2S/c1-8-22(19-36(5)6)23-10-9-11-24(15-23)29-34-18-27(26(16-32-4)14-21(2)3)30(35-29)33-17-25-12-13-37(20-28(25)31)40(7,38)39/h8-11,14-16,18-19,25,28H,1-2,12-13,17,20H2,3-7H3,(H,33,34,35)/b22-19+,26-14+,32-16?. The molecule has 214 valence electrons. The lowest BCUT2D eigenvalue weighted by atomic mass is 9.96. The fourth-order valence-electron chi connectivity index (χ4n) is 4.50. The molecule has 1 fully saturated rings. The lowest BCUT2D eigenvalue weighted by Gasteiger charge is -2.33. The van der Waals surface area contributed by atoms with Crippen molar-refractivity contribution in [1.29, 1.82) is 0 Å². The molecule has 1 aliphatic rings. The smallest absolute Gasteiger partial charge is 0.211 e. The van der Waals surface area contributed by atoms with Gasteiger partial charge in [-0.3, -0.25) is 4.99 Å². The van der Waals surface area contributed by atoms with Gasteiger partial charge in [-0.05, 0) is 30.5 Å². The first-order valence-corrected chi connectivity index (χ1v) is 14.9. The highest BCUT2D eigenvalue weighted by Crippen LogP contribution is 2.29. The van der Waals surface area contributed by atoms with E-state index in [2.05, 4.69) is 28.5 Å². The van der Waals surface area contributed by atoms with Crippen LogP contribution in [0, 0.1) is 5.92 Å². The summed E-state index contributed by atoms with van der Waals surface area (Å²) in [6, 6.07) is 7.90. The molecule has 0 saturated carbocycles. The van der Waals surface area contributed by atoms with Gasteiger partial charge >= 0.3 is 0 Å². The molecular formula is C30H39FN6O2S. The van der Waals surface area contributed by atoms with Crippen LogP contribution in [0.4, 0.5) is 10.2 Å². The van der Waals surface area contributed by atoms with Gasteiger partial charge in [0.15, 0.2) is 5.82 Å². The van der Waals surface area contributed by atoms with Crippen molar-refractivity contribution < 1.29 is 12.8 Å². The lowest BCUT2D eigenvalue weighted by Crippen LogP contribution is -2.46. The van der Waals surface area contributed by atoms with E-state index >= 15 is 4.39 Å². The minimum atomic E-state index is -3.43. The number of hydrogen-bond acceptors (Lipinski definition) is 7. The fraction of sp³-hybridized carbons (Fsp3) is 0.367. The molecule has 1 N–H and O–H groups in total. The lowest BCUT2D eigenvalue weighted by molar-refractivity contribution is 0.140. The predicted octanol–water partition coefficient (Wildman–Crippen LogP) is 4.92. The second kappa shape index (κ2) is 13.6. The number of hydrogen-bond donors (Lipinski definition) is 1. The van der Waals surface area contributed by atoms with Crippen LogP contribution in [0.2, 0.25) is 0 Å². The number of aliphatic imine (C=N–C) groups is 1. The third-order valence-electron chi connectivity index (χ3n) is 6.48. The molecule has 2 unspecified atom stereocenters. The summed E-state index contributed by atoms with van der Waals surface area (Å²) in [5.41, 5.74) is 5.06. The zero-order valence-electron chi connectivity index (χ0n) is 23.9. The van der Waals surface area contributed by atoms with Crippen molar-refractivity contribution in [2.75, 3.05) is 52.3 Å². The molecule has 1 aliphatic heterocycles. The molecule has 0 radical (unpaired) electrons. The zero-order valence-corrected chi connectivity index (χ0v) is 24.7. The Kier molecular flexibility index (Phi) is 10.5. The second-order valence-corrected chi connectivity index (χ2v) is 12.2. The van der Waals surface area contributed by atoms with Crippen LogP contribution in [0.25, 0.3) is 22.5 Å². The number of allylic oxidation sites excluding steroid dienone is 5. The minimum absolute atomic E-state index is 0.144. The van der Waals surface area contributed by atoms with Crippen LogP contribution in [0.5, 0.6) is 0 Å². The van der Waals surface area contributed by atoms with E-state index < -0.39 is 16.2 Å². The van der Waals surface area contributed by atoms with Crippen LogP contribution >= 0.6 is 0 Å². The molecule has 0 aliphatic carbocycles. The number of benzene rings is 1. The number of rotatable bonds is 11. The molecule has 2 heterocycles. The molecule has 1 aromatic carbocycles. The molecule has 3 rings (SSSR count). The zero-order chi connectivity index (χ0) is 29.4. The molecule has 40 heavy (non-hydrogen) atoms. The van der Waals surface area contributed by atoms with Crippen LogP contribution in [-0.2, 0) is 10.0 Å². The quantitative estimate of drug-likeness (QED) is 0.307. The number of aromatic nitrogens is 2. The number of nitrogens with one attached hydrogen (secondary N) is 1. The van der Waals surface area contributed by atoms with Crippen molar-refractivity contribution in [3.05, 3.63) is 78.7 Å². The van der Waals surface area contributed by atoms with Gasteiger partial charge in [0.2, 0.25) is 10.0 Å². The Morgan fingerprint density at radius 1 is 1.32 bits per heavy atom. The molecule has 0 spiro atoms. The molecule has 0 bridgehead atoms. The summed E-state index contributed by atoms with van der Waals surface area (Å²) in [5.74, 6) is 0.675. The van der Waals surface area contributed by atoms with Gasteiger partial charge in [-0.2, -0.15) is 4.31 Å². The van der Waals surface area contributed by atoms with Gasteiger partial charge in [0, 0.05) is 82.0 Å². The maximum absolute atomic E-state index is 15.0. The number of sulfonamides is 1. The number of piperidine rings is 1. The van der Waals surface area contributed by atoms with E-state index in [9.17, 15) is 8.42 Å². The molecule has 1 saturated heterocycles. The monoisotopic (exact) mass is 566 g/mol. The van der Waals surface area contributed by atoms with Crippen LogP contribution in [0.3, 0.4) is 0 Å². The summed E-state index contributed by atoms with van der Waals surface area (Å²) in [6.07, 6.45) is 9.36. The van der Waals surface area contributed by atoms with Crippen molar-refractivity contribution >= 4 is 33.2 Å². The summed E-state index contributed by atoms with van der Waals surface area (Å²) in [7, 11) is 2.16. The van der Waals surface area contributed by atoms with E-state index in [1.54, 1.807) is 25.5 Å². The van der Waals surface area contributed by atoms with Crippen molar-refractivity contribution in [3.8, 4) is 11.4 Å². The molecule has 8 nitrogen and oxygen atoms in total. The van der Waals surface area contributed by atoms with E-state index in [0.29, 0.717) is 23.6 Å². The molecular weight excluding hydrogens is 527 g/mol. The van der Waals surface area contributed by atoms with E-state index in [-0.39, 0.29) is 25.6 Å². The van der Waals surface area contributed by atoms with Gasteiger partial charge in [0.05, 0.1) is 6.26 Å². The number of alkyl halides is 1. The highest BCUT2D eigenvalue weighted by Gasteiger charge is 2.33. The van der Waals surface area contributed by atoms with E-state index in [4.69, 9.17) is 4.98 Å². The first-order valence-electron chi connectivity index (χ1n) is 13.0. The highest BCUT2D eigenvalue weighted by molar-refractivity contribution is 7.88. The Balaban J connectivity index is 2.00. The average molecular weight is 567 g/mol. The summed E-state index contributed by atoms with van der Waals surface area (Å²) < 4.78 is 40.0. The number of nitrogens with zero attached hydrogens (tertiary/aromatic N) is 5. The van der Waals surface area contributed by atoms with Crippen molar-refractivity contribution in [1.82, 2.24) is 19.2 Å². The van der Waals surface area contributed by atoms with Crippen LogP contribution in [-0.4, -0.2) is 87.0 Å². The summed E-state index contributed by atoms with van der Waals surface area (Å²) in [5, 5.41) is 3.34. The topological polar surface area (TPSA) is 90.8 Å². The van der Waals surface area contributed by atoms with Crippen molar-refractivity contribution in [3.63, 3.8) is 0 Å². The SMILES string of the molecule is C=C/C(=C\N(C)C)c1cccc(-c2ncc(/C(C=NC)=C/C(=C)C)c(NCC3CCN(S(C)(=O)=O)CC3F)n2)c1. The summed E-state index contributed by atoms with van der Waals surface area (Å²) in [4.78, 5) is 15.7. The third kappa shape index (κ3) is 8.19. The maximum Gasteiger partial charge on any atom is 0.211 e. The Hall–Kier alpha value is -3.63. The third-order valence-corrected chi connectivity index (χ3v) is 7.75. The van der Waals surface area contributed by atoms with Gasteiger partial charge in [-0.1, -0.05) is 49.1 Å². The van der Waals surface area contributed by atoms with Gasteiger partial charge in [0.1, 0.15) is 12.0 Å². The maximum atomic E-state index is 15.0. The Morgan fingerprint density at radius 3 is 2.67 bits per heavy atom. The Labute approximate surface area is 237 Å². The highest BCUT2D eigenvalue weighted by atomic mass is 32.2. The van der Waals surface area contributed by atoms with E-state index in [1.807, 2.05) is 62.5 Å². The average Bonchev–Trinajstić information content (AvgIpc) is 2.90. The second-order valence-electron chi connectivity index (χ2n) is 10.2. The Morgan fingerprint density at radius 2 is 2.08 bits per heavy atom. The first-order chi connectivity index (χ1) is 18.9. The van der Waals surface area contributed by atoms with Gasteiger partial charge < -0.3 is 10.2 Å². The molecule has 1 aromatic heterocycles. The molecule has 10 heteroatoms. The summed E-state index contributed by atoms with van der Waals surface area (Å²) >= 11 is 0. The van der Waals surface area contributed by atoms with Crippen LogP contribution in [0.1, 0.15) is 24.5 Å². The van der Waals surface area contributed by atoms with Crippen molar-refractivity contribution in [2.24, 2.45) is 10.9 Å². The fourth-order valence-corrected chi connectivity index (χ4v) is 5.35. The van der Waals surface area contributed by atoms with E-state index in [0.717, 1.165) is 34.1 Å². The normalized spacial score (nSPS) is 19.1. The van der Waals surface area contributed by atoms with Gasteiger partial charge in [-0.25, -0.2) is 22.8 Å². The predicted molar refractivity (Wildman–Crippen MR) is 164 cm³/mol. The number of anilines is 1. The van der Waals surface area contributed by atoms with Crippen LogP contribution < -0.4 is 5.32 Å². The molecule has 0 amide bonds. The first kappa shape index (κ1) is 30.9. The van der Waals surface area contributed by atoms with Gasteiger partial charge in [-0.15, -0.1) is 0 Å². The summed E-state index contributed by atoms with van der Waals surface area (Å²) in [6.45, 7) is 10.3. The minimum Gasteiger partial charge on any atom is -0.383 e. The van der Waals surface area contributed by atoms with Crippen molar-refractivity contribution in [2.45, 2.75) is 19.5 Å². The Bertz CT molecular complexity index is 1430. The van der Waals surface area contributed by atoms with Gasteiger partial charge in [0.25, 0.3) is 0 Å².